The molecule has 0 aliphatic heterocycles. The highest BCUT2D eigenvalue weighted by Gasteiger charge is 2.11. The maximum absolute atomic E-state index is 5.76. The lowest BCUT2D eigenvalue weighted by molar-refractivity contribution is 0.0663. The zero-order chi connectivity index (χ0) is 14.0. The van der Waals surface area contributed by atoms with Gasteiger partial charge in [-0.25, -0.2) is 0 Å². The van der Waals surface area contributed by atoms with Crippen LogP contribution in [0.15, 0.2) is 24.4 Å². The topological polar surface area (TPSA) is 40.2 Å². The van der Waals surface area contributed by atoms with Crippen LogP contribution in [0.5, 0.6) is 0 Å². The number of fused-ring (bicyclic) bond motifs is 1. The van der Waals surface area contributed by atoms with Gasteiger partial charge in [0, 0.05) is 35.2 Å². The van der Waals surface area contributed by atoms with Crippen LogP contribution < -0.4 is 5.73 Å². The van der Waals surface area contributed by atoms with Gasteiger partial charge in [0.15, 0.2) is 0 Å². The summed E-state index contributed by atoms with van der Waals surface area (Å²) in [5.41, 5.74) is 9.41. The summed E-state index contributed by atoms with van der Waals surface area (Å²) in [7, 11) is 0. The Morgan fingerprint density at radius 1 is 1.21 bits per heavy atom. The second-order valence-corrected chi connectivity index (χ2v) is 5.57. The van der Waals surface area contributed by atoms with Gasteiger partial charge in [-0.2, -0.15) is 0 Å². The highest BCUT2D eigenvalue weighted by atomic mass is 16.5. The summed E-state index contributed by atoms with van der Waals surface area (Å²) in [5.74, 6) is 0. The summed E-state index contributed by atoms with van der Waals surface area (Å²) in [5, 5.41) is 1.26. The van der Waals surface area contributed by atoms with E-state index in [9.17, 15) is 0 Å². The predicted molar refractivity (Wildman–Crippen MR) is 80.1 cm³/mol. The minimum atomic E-state index is 0.246. The van der Waals surface area contributed by atoms with Gasteiger partial charge in [-0.05, 0) is 45.4 Å². The van der Waals surface area contributed by atoms with Crippen molar-refractivity contribution in [1.82, 2.24) is 4.57 Å². The summed E-state index contributed by atoms with van der Waals surface area (Å²) in [6.07, 6.45) is 2.45. The van der Waals surface area contributed by atoms with Gasteiger partial charge in [0.05, 0.1) is 12.7 Å². The van der Waals surface area contributed by atoms with Crippen molar-refractivity contribution in [2.45, 2.75) is 53.0 Å². The van der Waals surface area contributed by atoms with Gasteiger partial charge in [-0.3, -0.25) is 0 Å². The Kier molecular flexibility index (Phi) is 4.27. The highest BCUT2D eigenvalue weighted by molar-refractivity contribution is 5.84. The molecule has 19 heavy (non-hydrogen) atoms. The minimum absolute atomic E-state index is 0.246. The first-order chi connectivity index (χ1) is 9.02. The maximum Gasteiger partial charge on any atom is 0.0741 e. The van der Waals surface area contributed by atoms with Crippen LogP contribution in [0.4, 0.5) is 0 Å². The number of aromatic nitrogens is 1. The van der Waals surface area contributed by atoms with E-state index in [1.54, 1.807) is 0 Å². The zero-order valence-corrected chi connectivity index (χ0v) is 12.3. The van der Waals surface area contributed by atoms with Gasteiger partial charge in [0.25, 0.3) is 0 Å². The molecule has 0 saturated heterocycles. The molecule has 0 amide bonds. The highest BCUT2D eigenvalue weighted by Crippen LogP contribution is 2.26. The first-order valence-electron chi connectivity index (χ1n) is 6.97. The molecule has 104 valence electrons. The van der Waals surface area contributed by atoms with E-state index in [1.165, 1.54) is 22.0 Å². The van der Waals surface area contributed by atoms with Crippen LogP contribution in [-0.4, -0.2) is 10.7 Å². The number of ether oxygens (including phenoxy) is 1. The standard InChI is InChI=1S/C16H24N2O/c1-11(2)18-9-14(10-19-12(3)4)15-7-13(8-17)5-6-16(15)18/h5-7,9,11-12H,8,10,17H2,1-4H3. The minimum Gasteiger partial charge on any atom is -0.374 e. The molecule has 0 spiro atoms. The van der Waals surface area contributed by atoms with E-state index in [4.69, 9.17) is 10.5 Å². The lowest BCUT2D eigenvalue weighted by atomic mass is 10.1. The molecule has 0 saturated carbocycles. The van der Waals surface area contributed by atoms with E-state index in [1.807, 2.05) is 0 Å². The summed E-state index contributed by atoms with van der Waals surface area (Å²) in [6.45, 7) is 9.75. The van der Waals surface area contributed by atoms with Crippen molar-refractivity contribution >= 4 is 10.9 Å². The van der Waals surface area contributed by atoms with Crippen molar-refractivity contribution in [2.24, 2.45) is 5.73 Å². The zero-order valence-electron chi connectivity index (χ0n) is 12.3. The molecule has 0 aliphatic rings. The normalized spacial score (nSPS) is 11.9. The molecular weight excluding hydrogens is 236 g/mol. The van der Waals surface area contributed by atoms with Crippen LogP contribution >= 0.6 is 0 Å². The number of hydrogen-bond acceptors (Lipinski definition) is 2. The fourth-order valence-corrected chi connectivity index (χ4v) is 2.30. The molecule has 2 N–H and O–H groups in total. The molecule has 3 heteroatoms. The third-order valence-corrected chi connectivity index (χ3v) is 3.34. The average molecular weight is 260 g/mol. The van der Waals surface area contributed by atoms with Gasteiger partial charge < -0.3 is 15.0 Å². The van der Waals surface area contributed by atoms with E-state index in [-0.39, 0.29) is 6.10 Å². The quantitative estimate of drug-likeness (QED) is 0.892. The van der Waals surface area contributed by atoms with Crippen LogP contribution in [0.25, 0.3) is 10.9 Å². The molecule has 0 fully saturated rings. The second kappa shape index (κ2) is 5.76. The van der Waals surface area contributed by atoms with Crippen molar-refractivity contribution in [1.29, 1.82) is 0 Å². The summed E-state index contributed by atoms with van der Waals surface area (Å²) in [4.78, 5) is 0. The van der Waals surface area contributed by atoms with Crippen molar-refractivity contribution in [2.75, 3.05) is 0 Å². The van der Waals surface area contributed by atoms with E-state index < -0.39 is 0 Å². The Morgan fingerprint density at radius 2 is 1.95 bits per heavy atom. The number of rotatable bonds is 5. The molecule has 2 aromatic rings. The third-order valence-electron chi connectivity index (χ3n) is 3.34. The van der Waals surface area contributed by atoms with Crippen molar-refractivity contribution in [3.63, 3.8) is 0 Å². The number of benzene rings is 1. The molecular formula is C16H24N2O. The Bertz CT molecular complexity index is 555. The third kappa shape index (κ3) is 2.99. The Labute approximate surface area is 115 Å². The maximum atomic E-state index is 5.76. The molecule has 1 aromatic carbocycles. The van der Waals surface area contributed by atoms with Crippen molar-refractivity contribution < 1.29 is 4.74 Å². The summed E-state index contributed by atoms with van der Waals surface area (Å²) in [6, 6.07) is 6.90. The fourth-order valence-electron chi connectivity index (χ4n) is 2.30. The van der Waals surface area contributed by atoms with Gasteiger partial charge in [-0.1, -0.05) is 6.07 Å². The fraction of sp³-hybridized carbons (Fsp3) is 0.500. The van der Waals surface area contributed by atoms with Crippen molar-refractivity contribution in [3.8, 4) is 0 Å². The number of nitrogens with zero attached hydrogens (tertiary/aromatic N) is 1. The molecule has 0 aliphatic carbocycles. The summed E-state index contributed by atoms with van der Waals surface area (Å²) >= 11 is 0. The largest absolute Gasteiger partial charge is 0.374 e. The van der Waals surface area contributed by atoms with Crippen LogP contribution in [0.1, 0.15) is 44.9 Å². The second-order valence-electron chi connectivity index (χ2n) is 5.57. The molecule has 1 heterocycles. The van der Waals surface area contributed by atoms with E-state index in [0.29, 0.717) is 19.2 Å². The van der Waals surface area contributed by atoms with E-state index >= 15 is 0 Å². The molecule has 0 atom stereocenters. The lowest BCUT2D eigenvalue weighted by Gasteiger charge is -2.09. The number of hydrogen-bond donors (Lipinski definition) is 1. The molecule has 1 aromatic heterocycles. The van der Waals surface area contributed by atoms with E-state index in [2.05, 4.69) is 56.7 Å². The van der Waals surface area contributed by atoms with Gasteiger partial charge >= 0.3 is 0 Å². The Balaban J connectivity index is 2.48. The van der Waals surface area contributed by atoms with Gasteiger partial charge in [0.1, 0.15) is 0 Å². The SMILES string of the molecule is CC(C)OCc1cn(C(C)C)c2ccc(CN)cc12. The molecule has 0 radical (unpaired) electrons. The molecule has 2 rings (SSSR count). The molecule has 3 nitrogen and oxygen atoms in total. The summed E-state index contributed by atoms with van der Waals surface area (Å²) < 4.78 is 8.06. The Hall–Kier alpha value is -1.32. The smallest absolute Gasteiger partial charge is 0.0741 e. The number of nitrogens with two attached hydrogens (primary N) is 1. The van der Waals surface area contributed by atoms with Crippen LogP contribution in [0, 0.1) is 0 Å². The molecule has 0 unspecified atom stereocenters. The monoisotopic (exact) mass is 260 g/mol. The van der Waals surface area contributed by atoms with Crippen LogP contribution in [0.3, 0.4) is 0 Å². The predicted octanol–water partition coefficient (Wildman–Crippen LogP) is 3.61. The average Bonchev–Trinajstić information content (AvgIpc) is 2.74. The van der Waals surface area contributed by atoms with Gasteiger partial charge in [-0.15, -0.1) is 0 Å². The van der Waals surface area contributed by atoms with Gasteiger partial charge in [0.2, 0.25) is 0 Å². The lowest BCUT2D eigenvalue weighted by Crippen LogP contribution is -2.02. The van der Waals surface area contributed by atoms with Crippen LogP contribution in [0.2, 0.25) is 0 Å². The Morgan fingerprint density at radius 3 is 2.53 bits per heavy atom. The van der Waals surface area contributed by atoms with Crippen LogP contribution in [-0.2, 0) is 17.9 Å². The molecule has 0 bridgehead atoms. The first kappa shape index (κ1) is 14.1. The van der Waals surface area contributed by atoms with Crippen molar-refractivity contribution in [3.05, 3.63) is 35.5 Å². The van der Waals surface area contributed by atoms with E-state index in [0.717, 1.165) is 0 Å². The first-order valence-corrected chi connectivity index (χ1v) is 6.97.